The maximum Gasteiger partial charge on any atom is 0.490 e. The van der Waals surface area contributed by atoms with Crippen molar-refractivity contribution >= 4 is 17.6 Å². The van der Waals surface area contributed by atoms with Crippen molar-refractivity contribution in [3.05, 3.63) is 41.7 Å². The average molecular weight is 469 g/mol. The quantitative estimate of drug-likeness (QED) is 0.617. The van der Waals surface area contributed by atoms with Crippen LogP contribution < -0.4 is 9.80 Å². The van der Waals surface area contributed by atoms with Gasteiger partial charge < -0.3 is 30.0 Å². The number of phenolic OH excluding ortho intramolecular Hbond substituents is 1. The van der Waals surface area contributed by atoms with Gasteiger partial charge in [0.25, 0.3) is 0 Å². The van der Waals surface area contributed by atoms with Crippen LogP contribution in [0.15, 0.2) is 30.6 Å². The minimum Gasteiger partial charge on any atom is -0.508 e. The predicted molar refractivity (Wildman–Crippen MR) is 114 cm³/mol. The molecule has 0 aliphatic carbocycles. The van der Waals surface area contributed by atoms with Crippen LogP contribution in [0.5, 0.6) is 5.75 Å². The average Bonchev–Trinajstić information content (AvgIpc) is 3.30. The number of aliphatic hydroxyl groups excluding tert-OH is 1. The molecule has 0 spiro atoms. The van der Waals surface area contributed by atoms with E-state index in [-0.39, 0.29) is 12.1 Å². The number of hydrogen-bond acceptors (Lipinski definition) is 8. The first-order chi connectivity index (χ1) is 15.4. The van der Waals surface area contributed by atoms with E-state index < -0.39 is 12.1 Å². The summed E-state index contributed by atoms with van der Waals surface area (Å²) < 4.78 is 31.7. The SMILES string of the molecule is CN(C)C[C@H]1C[C@@H](O)CN1c1cc(N2Cc3ccc(O)cc3C2)ncn1.O=C(O)C(F)(F)F. The van der Waals surface area contributed by atoms with Crippen molar-refractivity contribution in [3.63, 3.8) is 0 Å². The van der Waals surface area contributed by atoms with Crippen molar-refractivity contribution in [2.75, 3.05) is 37.0 Å². The number of anilines is 2. The zero-order chi connectivity index (χ0) is 24.3. The molecular formula is C21H26F3N5O4. The molecule has 2 atom stereocenters. The summed E-state index contributed by atoms with van der Waals surface area (Å²) in [6.45, 7) is 2.98. The minimum absolute atomic E-state index is 0.246. The van der Waals surface area contributed by atoms with Gasteiger partial charge in [0.15, 0.2) is 0 Å². The summed E-state index contributed by atoms with van der Waals surface area (Å²) in [5, 5.41) is 26.9. The third-order valence-corrected chi connectivity index (χ3v) is 5.38. The molecule has 1 saturated heterocycles. The first kappa shape index (κ1) is 24.5. The fraction of sp³-hybridized carbons (Fsp3) is 0.476. The number of β-amino-alcohol motifs (C(OH)–C–C–N with tert-alkyl or cyclic N) is 1. The van der Waals surface area contributed by atoms with Gasteiger partial charge in [-0.05, 0) is 43.8 Å². The van der Waals surface area contributed by atoms with Gasteiger partial charge in [0.1, 0.15) is 23.7 Å². The lowest BCUT2D eigenvalue weighted by atomic mass is 10.1. The van der Waals surface area contributed by atoms with Gasteiger partial charge in [0, 0.05) is 38.3 Å². The molecule has 0 amide bonds. The molecule has 2 aliphatic rings. The van der Waals surface area contributed by atoms with E-state index in [9.17, 15) is 23.4 Å². The highest BCUT2D eigenvalue weighted by molar-refractivity contribution is 5.73. The van der Waals surface area contributed by atoms with E-state index in [0.29, 0.717) is 12.3 Å². The summed E-state index contributed by atoms with van der Waals surface area (Å²) >= 11 is 0. The Bertz CT molecular complexity index is 989. The highest BCUT2D eigenvalue weighted by Crippen LogP contribution is 2.32. The molecule has 1 fully saturated rings. The Morgan fingerprint density at radius 2 is 1.79 bits per heavy atom. The monoisotopic (exact) mass is 469 g/mol. The molecule has 0 radical (unpaired) electrons. The third kappa shape index (κ3) is 6.23. The first-order valence-electron chi connectivity index (χ1n) is 10.2. The number of alkyl halides is 3. The molecule has 0 bridgehead atoms. The van der Waals surface area contributed by atoms with Crippen molar-refractivity contribution < 1.29 is 33.3 Å². The lowest BCUT2D eigenvalue weighted by Crippen LogP contribution is -2.38. The number of aromatic hydroxyl groups is 1. The Kier molecular flexibility index (Phi) is 7.28. The van der Waals surface area contributed by atoms with Gasteiger partial charge in [-0.15, -0.1) is 0 Å². The molecule has 1 aromatic carbocycles. The first-order valence-corrected chi connectivity index (χ1v) is 10.2. The molecule has 1 aromatic heterocycles. The van der Waals surface area contributed by atoms with E-state index in [1.54, 1.807) is 12.4 Å². The molecule has 0 saturated carbocycles. The molecule has 180 valence electrons. The molecule has 0 unspecified atom stereocenters. The molecular weight excluding hydrogens is 443 g/mol. The van der Waals surface area contributed by atoms with Crippen LogP contribution in [0.4, 0.5) is 24.8 Å². The molecule has 3 N–H and O–H groups in total. The Hall–Kier alpha value is -3.12. The Balaban J connectivity index is 0.000000383. The van der Waals surface area contributed by atoms with E-state index in [2.05, 4.69) is 24.7 Å². The number of rotatable bonds is 4. The van der Waals surface area contributed by atoms with Crippen LogP contribution in [0.25, 0.3) is 0 Å². The van der Waals surface area contributed by atoms with Gasteiger partial charge in [-0.3, -0.25) is 0 Å². The lowest BCUT2D eigenvalue weighted by molar-refractivity contribution is -0.192. The standard InChI is InChI=1S/C19H25N5O2.C2HF3O2/c1-22(2)10-15-6-17(26)11-24(15)19-7-18(20-12-21-19)23-8-13-3-4-16(25)5-14(13)9-23;3-2(4,5)1(6)7/h3-5,7,12,15,17,25-26H,6,8-11H2,1-2H3;(H,6,7)/t15-,17-;/m1./s1. The van der Waals surface area contributed by atoms with Crippen LogP contribution in [0.3, 0.4) is 0 Å². The summed E-state index contributed by atoms with van der Waals surface area (Å²) in [6, 6.07) is 7.77. The Labute approximate surface area is 188 Å². The second-order valence-electron chi connectivity index (χ2n) is 8.30. The van der Waals surface area contributed by atoms with Crippen LogP contribution in [-0.4, -0.2) is 81.7 Å². The summed E-state index contributed by atoms with van der Waals surface area (Å²) in [4.78, 5) is 24.3. The molecule has 2 aromatic rings. The Morgan fingerprint density at radius 3 is 2.42 bits per heavy atom. The van der Waals surface area contributed by atoms with Crippen molar-refractivity contribution in [1.29, 1.82) is 0 Å². The summed E-state index contributed by atoms with van der Waals surface area (Å²) in [5.74, 6) is -0.730. The molecule has 12 heteroatoms. The number of likely N-dealkylation sites (N-methyl/N-ethyl adjacent to an activating group) is 1. The molecule has 2 aliphatic heterocycles. The van der Waals surface area contributed by atoms with Gasteiger partial charge in [0.05, 0.1) is 6.10 Å². The van der Waals surface area contributed by atoms with Crippen LogP contribution in [0.2, 0.25) is 0 Å². The van der Waals surface area contributed by atoms with Gasteiger partial charge >= 0.3 is 12.1 Å². The van der Waals surface area contributed by atoms with Crippen LogP contribution in [-0.2, 0) is 17.9 Å². The van der Waals surface area contributed by atoms with Gasteiger partial charge in [-0.1, -0.05) is 6.07 Å². The number of aromatic nitrogens is 2. The summed E-state index contributed by atoms with van der Waals surface area (Å²) in [6.07, 6.45) is -3.05. The number of carboxylic acids is 1. The number of carboxylic acid groups (broad SMARTS) is 1. The number of nitrogens with zero attached hydrogens (tertiary/aromatic N) is 5. The smallest absolute Gasteiger partial charge is 0.490 e. The zero-order valence-corrected chi connectivity index (χ0v) is 18.2. The normalized spacial score (nSPS) is 20.0. The second kappa shape index (κ2) is 9.79. The van der Waals surface area contributed by atoms with E-state index in [4.69, 9.17) is 9.90 Å². The minimum atomic E-state index is -5.08. The number of phenols is 1. The fourth-order valence-electron chi connectivity index (χ4n) is 3.98. The van der Waals surface area contributed by atoms with Crippen LogP contribution >= 0.6 is 0 Å². The number of halogens is 3. The maximum absolute atomic E-state index is 10.6. The zero-order valence-electron chi connectivity index (χ0n) is 18.2. The largest absolute Gasteiger partial charge is 0.508 e. The molecule has 33 heavy (non-hydrogen) atoms. The Morgan fingerprint density at radius 1 is 1.15 bits per heavy atom. The number of hydrogen-bond donors (Lipinski definition) is 3. The van der Waals surface area contributed by atoms with E-state index in [0.717, 1.165) is 43.3 Å². The predicted octanol–water partition coefficient (Wildman–Crippen LogP) is 1.84. The number of aliphatic carboxylic acids is 1. The number of benzene rings is 1. The topological polar surface area (TPSA) is 113 Å². The van der Waals surface area contributed by atoms with Crippen molar-refractivity contribution in [2.45, 2.75) is 37.8 Å². The second-order valence-corrected chi connectivity index (χ2v) is 8.30. The highest BCUT2D eigenvalue weighted by atomic mass is 19.4. The van der Waals surface area contributed by atoms with Gasteiger partial charge in [-0.25, -0.2) is 14.8 Å². The molecule has 3 heterocycles. The van der Waals surface area contributed by atoms with E-state index >= 15 is 0 Å². The van der Waals surface area contributed by atoms with Gasteiger partial charge in [-0.2, -0.15) is 13.2 Å². The highest BCUT2D eigenvalue weighted by Gasteiger charge is 2.38. The van der Waals surface area contributed by atoms with Crippen molar-refractivity contribution in [2.24, 2.45) is 0 Å². The molecule has 4 rings (SSSR count). The third-order valence-electron chi connectivity index (χ3n) is 5.38. The van der Waals surface area contributed by atoms with Crippen molar-refractivity contribution in [3.8, 4) is 5.75 Å². The fourth-order valence-corrected chi connectivity index (χ4v) is 3.98. The van der Waals surface area contributed by atoms with E-state index in [1.807, 2.05) is 32.3 Å². The number of carbonyl (C=O) groups is 1. The van der Waals surface area contributed by atoms with Crippen LogP contribution in [0.1, 0.15) is 17.5 Å². The van der Waals surface area contributed by atoms with Crippen LogP contribution in [0, 0.1) is 0 Å². The number of aliphatic hydroxyl groups is 1. The number of fused-ring (bicyclic) bond motifs is 1. The summed E-state index contributed by atoms with van der Waals surface area (Å²) in [5.41, 5.74) is 2.34. The summed E-state index contributed by atoms with van der Waals surface area (Å²) in [7, 11) is 4.09. The van der Waals surface area contributed by atoms with Crippen molar-refractivity contribution in [1.82, 2.24) is 14.9 Å². The maximum atomic E-state index is 10.6. The lowest BCUT2D eigenvalue weighted by Gasteiger charge is -2.28. The van der Waals surface area contributed by atoms with E-state index in [1.165, 1.54) is 5.56 Å². The molecule has 9 nitrogen and oxygen atoms in total. The van der Waals surface area contributed by atoms with Gasteiger partial charge in [0.2, 0.25) is 0 Å².